The first kappa shape index (κ1) is 21.3. The topological polar surface area (TPSA) is 67.4 Å². The number of guanidine groups is 1. The summed E-state index contributed by atoms with van der Waals surface area (Å²) in [5.74, 6) is 3.01. The minimum absolute atomic E-state index is 0.508. The zero-order valence-corrected chi connectivity index (χ0v) is 16.9. The van der Waals surface area contributed by atoms with Crippen molar-refractivity contribution in [2.45, 2.75) is 13.8 Å². The molecule has 0 aliphatic carbocycles. The van der Waals surface area contributed by atoms with Crippen LogP contribution in [0.25, 0.3) is 0 Å². The Morgan fingerprint density at radius 2 is 1.89 bits per heavy atom. The predicted molar refractivity (Wildman–Crippen MR) is 109 cm³/mol. The van der Waals surface area contributed by atoms with Gasteiger partial charge in [-0.2, -0.15) is 0 Å². The van der Waals surface area contributed by atoms with Gasteiger partial charge < -0.3 is 24.8 Å². The normalized spacial score (nSPS) is 16.6. The van der Waals surface area contributed by atoms with Crippen molar-refractivity contribution in [3.8, 4) is 11.5 Å². The third-order valence-corrected chi connectivity index (χ3v) is 4.30. The molecule has 0 bridgehead atoms. The molecule has 7 nitrogen and oxygen atoms in total. The van der Waals surface area contributed by atoms with E-state index in [-0.39, 0.29) is 0 Å². The number of nitrogens with zero attached hydrogens (tertiary/aromatic N) is 2. The monoisotopic (exact) mass is 378 g/mol. The molecule has 1 atom stereocenters. The fourth-order valence-corrected chi connectivity index (χ4v) is 2.88. The van der Waals surface area contributed by atoms with Crippen LogP contribution >= 0.6 is 0 Å². The molecule has 1 unspecified atom stereocenters. The first-order valence-corrected chi connectivity index (χ1v) is 9.80. The lowest BCUT2D eigenvalue weighted by molar-refractivity contribution is 0.0323. The zero-order chi connectivity index (χ0) is 19.3. The van der Waals surface area contributed by atoms with Gasteiger partial charge in [0.15, 0.2) is 5.96 Å². The van der Waals surface area contributed by atoms with Crippen molar-refractivity contribution >= 4 is 5.96 Å². The summed E-state index contributed by atoms with van der Waals surface area (Å²) < 4.78 is 16.3. The van der Waals surface area contributed by atoms with E-state index in [9.17, 15) is 0 Å². The van der Waals surface area contributed by atoms with Crippen LogP contribution in [0.5, 0.6) is 11.5 Å². The molecule has 1 aromatic rings. The number of rotatable bonds is 10. The fraction of sp³-hybridized carbons (Fsp3) is 0.650. The van der Waals surface area contributed by atoms with Gasteiger partial charge in [-0.05, 0) is 37.1 Å². The van der Waals surface area contributed by atoms with Crippen LogP contribution in [0, 0.1) is 5.92 Å². The Kier molecular flexibility index (Phi) is 9.79. The van der Waals surface area contributed by atoms with Crippen molar-refractivity contribution < 1.29 is 14.2 Å². The first-order valence-electron chi connectivity index (χ1n) is 9.80. The van der Waals surface area contributed by atoms with Gasteiger partial charge in [0.05, 0.1) is 26.9 Å². The lowest BCUT2D eigenvalue weighted by Crippen LogP contribution is -2.41. The summed E-state index contributed by atoms with van der Waals surface area (Å²) in [7, 11) is 1.66. The highest BCUT2D eigenvalue weighted by molar-refractivity contribution is 5.79. The van der Waals surface area contributed by atoms with Crippen LogP contribution in [0.2, 0.25) is 0 Å². The van der Waals surface area contributed by atoms with E-state index < -0.39 is 0 Å². The summed E-state index contributed by atoms with van der Waals surface area (Å²) in [5.41, 5.74) is 0. The molecule has 1 aliphatic rings. The Morgan fingerprint density at radius 1 is 1.19 bits per heavy atom. The molecule has 1 heterocycles. The molecule has 27 heavy (non-hydrogen) atoms. The molecular formula is C20H34N4O3. The third kappa shape index (κ3) is 8.49. The number of hydrogen-bond donors (Lipinski definition) is 2. The largest absolute Gasteiger partial charge is 0.497 e. The first-order chi connectivity index (χ1) is 13.2. The van der Waals surface area contributed by atoms with Crippen LogP contribution in [0.15, 0.2) is 29.3 Å². The summed E-state index contributed by atoms with van der Waals surface area (Å²) >= 11 is 0. The average Bonchev–Trinajstić information content (AvgIpc) is 2.70. The molecule has 1 fully saturated rings. The highest BCUT2D eigenvalue weighted by Gasteiger charge is 2.13. The molecule has 2 N–H and O–H groups in total. The van der Waals surface area contributed by atoms with Crippen molar-refractivity contribution in [3.05, 3.63) is 24.3 Å². The molecule has 2 rings (SSSR count). The third-order valence-electron chi connectivity index (χ3n) is 4.30. The highest BCUT2D eigenvalue weighted by atomic mass is 16.5. The maximum absolute atomic E-state index is 5.74. The minimum atomic E-state index is 0.508. The van der Waals surface area contributed by atoms with Gasteiger partial charge in [0.2, 0.25) is 0 Å². The van der Waals surface area contributed by atoms with Gasteiger partial charge in [0, 0.05) is 32.7 Å². The van der Waals surface area contributed by atoms with E-state index >= 15 is 0 Å². The smallest absolute Gasteiger partial charge is 0.191 e. The lowest BCUT2D eigenvalue weighted by Gasteiger charge is -2.28. The molecule has 0 radical (unpaired) electrons. The predicted octanol–water partition coefficient (Wildman–Crippen LogP) is 1.60. The van der Waals surface area contributed by atoms with Crippen molar-refractivity contribution in [1.29, 1.82) is 0 Å². The van der Waals surface area contributed by atoms with Gasteiger partial charge in [-0.3, -0.25) is 9.89 Å². The minimum Gasteiger partial charge on any atom is -0.497 e. The van der Waals surface area contributed by atoms with Crippen molar-refractivity contribution in [2.75, 3.05) is 66.2 Å². The Bertz CT molecular complexity index is 545. The van der Waals surface area contributed by atoms with E-state index in [4.69, 9.17) is 19.2 Å². The van der Waals surface area contributed by atoms with Crippen molar-refractivity contribution in [2.24, 2.45) is 10.9 Å². The fourth-order valence-electron chi connectivity index (χ4n) is 2.88. The van der Waals surface area contributed by atoms with Gasteiger partial charge in [-0.1, -0.05) is 6.92 Å². The maximum atomic E-state index is 5.74. The van der Waals surface area contributed by atoms with Crippen LogP contribution in [-0.4, -0.2) is 77.1 Å². The van der Waals surface area contributed by atoms with E-state index in [2.05, 4.69) is 29.4 Å². The number of benzene rings is 1. The number of morpholine rings is 1. The molecule has 0 aromatic heterocycles. The number of aliphatic imine (C=N–C) groups is 1. The van der Waals surface area contributed by atoms with Crippen LogP contribution in [0.1, 0.15) is 13.8 Å². The summed E-state index contributed by atoms with van der Waals surface area (Å²) in [4.78, 5) is 7.16. The van der Waals surface area contributed by atoms with Gasteiger partial charge in [-0.15, -0.1) is 0 Å². The van der Waals surface area contributed by atoms with Crippen LogP contribution in [-0.2, 0) is 4.74 Å². The Morgan fingerprint density at radius 3 is 2.56 bits per heavy atom. The Balaban J connectivity index is 1.68. The molecule has 0 amide bonds. The van der Waals surface area contributed by atoms with Crippen LogP contribution < -0.4 is 20.1 Å². The van der Waals surface area contributed by atoms with Crippen molar-refractivity contribution in [3.63, 3.8) is 0 Å². The highest BCUT2D eigenvalue weighted by Crippen LogP contribution is 2.16. The quantitative estimate of drug-likeness (QED) is 0.366. The van der Waals surface area contributed by atoms with E-state index in [1.807, 2.05) is 24.3 Å². The van der Waals surface area contributed by atoms with Gasteiger partial charge in [-0.25, -0.2) is 0 Å². The van der Waals surface area contributed by atoms with E-state index in [0.29, 0.717) is 19.1 Å². The molecule has 152 valence electrons. The number of ether oxygens (including phenoxy) is 3. The maximum Gasteiger partial charge on any atom is 0.191 e. The summed E-state index contributed by atoms with van der Waals surface area (Å²) in [6.07, 6.45) is 0. The summed E-state index contributed by atoms with van der Waals surface area (Å²) in [6, 6.07) is 7.60. The molecular weight excluding hydrogens is 344 g/mol. The number of methoxy groups -OCH3 is 1. The molecule has 1 aromatic carbocycles. The Labute approximate surface area is 163 Å². The SMILES string of the molecule is CCNC(=NCC(C)CN1CCOCC1)NCCOc1ccc(OC)cc1. The second kappa shape index (κ2) is 12.4. The van der Waals surface area contributed by atoms with Crippen molar-refractivity contribution in [1.82, 2.24) is 15.5 Å². The standard InChI is InChI=1S/C20H34N4O3/c1-4-21-20(23-15-17(2)16-24-10-13-26-14-11-24)22-9-12-27-19-7-5-18(25-3)6-8-19/h5-8,17H,4,9-16H2,1-3H3,(H2,21,22,23). The molecule has 1 saturated heterocycles. The molecule has 0 saturated carbocycles. The van der Waals surface area contributed by atoms with Gasteiger partial charge in [0.25, 0.3) is 0 Å². The second-order valence-electron chi connectivity index (χ2n) is 6.69. The molecule has 7 heteroatoms. The summed E-state index contributed by atoms with van der Waals surface area (Å²) in [5, 5.41) is 6.62. The van der Waals surface area contributed by atoms with E-state index in [0.717, 1.165) is 63.4 Å². The second-order valence-corrected chi connectivity index (χ2v) is 6.69. The number of hydrogen-bond acceptors (Lipinski definition) is 5. The van der Waals surface area contributed by atoms with Gasteiger partial charge >= 0.3 is 0 Å². The van der Waals surface area contributed by atoms with E-state index in [1.165, 1.54) is 0 Å². The molecule has 0 spiro atoms. The number of nitrogens with one attached hydrogen (secondary N) is 2. The lowest BCUT2D eigenvalue weighted by atomic mass is 10.1. The average molecular weight is 379 g/mol. The summed E-state index contributed by atoms with van der Waals surface area (Å²) in [6.45, 7) is 12.0. The van der Waals surface area contributed by atoms with Crippen LogP contribution in [0.4, 0.5) is 0 Å². The van der Waals surface area contributed by atoms with Crippen LogP contribution in [0.3, 0.4) is 0 Å². The Hall–Kier alpha value is -1.99. The zero-order valence-electron chi connectivity index (χ0n) is 16.9. The van der Waals surface area contributed by atoms with Gasteiger partial charge in [0.1, 0.15) is 18.1 Å². The van der Waals surface area contributed by atoms with E-state index in [1.54, 1.807) is 7.11 Å². The molecule has 1 aliphatic heterocycles.